The zero-order valence-electron chi connectivity index (χ0n) is 7.23. The molecule has 0 atom stereocenters. The van der Waals surface area contributed by atoms with Crippen molar-refractivity contribution in [1.29, 1.82) is 0 Å². The molecule has 1 nitrogen and oxygen atoms in total. The second-order valence-electron chi connectivity index (χ2n) is 3.79. The lowest BCUT2D eigenvalue weighted by Crippen LogP contribution is -2.30. The topological polar surface area (TPSA) is 17.1 Å². The summed E-state index contributed by atoms with van der Waals surface area (Å²) in [6, 6.07) is 0. The third-order valence-electron chi connectivity index (χ3n) is 2.65. The maximum Gasteiger partial charge on any atom is 0.126 e. The van der Waals surface area contributed by atoms with Crippen molar-refractivity contribution in [3.63, 3.8) is 0 Å². The molecule has 0 radical (unpaired) electrons. The molecule has 0 aromatic heterocycles. The van der Waals surface area contributed by atoms with Crippen LogP contribution in [0.2, 0.25) is 0 Å². The number of aldehydes is 1. The lowest BCUT2D eigenvalue weighted by Gasteiger charge is -2.36. The second-order valence-corrected chi connectivity index (χ2v) is 3.79. The SMILES string of the molecule is C=C(C)CCC1(C=O)CCC1. The van der Waals surface area contributed by atoms with Crippen LogP contribution in [0.1, 0.15) is 39.0 Å². The Morgan fingerprint density at radius 2 is 2.27 bits per heavy atom. The second kappa shape index (κ2) is 3.21. The predicted molar refractivity (Wildman–Crippen MR) is 46.4 cm³/mol. The first kappa shape index (κ1) is 8.51. The van der Waals surface area contributed by atoms with Gasteiger partial charge in [0.15, 0.2) is 0 Å². The summed E-state index contributed by atoms with van der Waals surface area (Å²) < 4.78 is 0. The van der Waals surface area contributed by atoms with E-state index in [2.05, 4.69) is 6.58 Å². The molecular formula is C10H16O. The molecule has 1 aliphatic rings. The molecule has 0 heterocycles. The molecule has 0 bridgehead atoms. The maximum atomic E-state index is 10.7. The minimum absolute atomic E-state index is 0.0545. The molecule has 11 heavy (non-hydrogen) atoms. The van der Waals surface area contributed by atoms with E-state index in [1.165, 1.54) is 12.0 Å². The van der Waals surface area contributed by atoms with Gasteiger partial charge >= 0.3 is 0 Å². The average Bonchev–Trinajstić information content (AvgIpc) is 1.86. The standard InChI is InChI=1S/C10H16O/c1-9(2)4-7-10(8-11)5-3-6-10/h8H,1,3-7H2,2H3. The van der Waals surface area contributed by atoms with E-state index in [1.54, 1.807) is 0 Å². The molecule has 0 aromatic rings. The Balaban J connectivity index is 2.33. The fourth-order valence-electron chi connectivity index (χ4n) is 1.52. The number of carbonyl (C=O) groups is 1. The first-order chi connectivity index (χ1) is 5.18. The molecule has 1 fully saturated rings. The molecule has 1 heteroatoms. The van der Waals surface area contributed by atoms with E-state index in [9.17, 15) is 4.79 Å². The van der Waals surface area contributed by atoms with Crippen molar-refractivity contribution in [2.45, 2.75) is 39.0 Å². The Morgan fingerprint density at radius 1 is 1.64 bits per heavy atom. The fourth-order valence-corrected chi connectivity index (χ4v) is 1.52. The summed E-state index contributed by atoms with van der Waals surface area (Å²) in [5, 5.41) is 0. The van der Waals surface area contributed by atoms with E-state index in [1.807, 2.05) is 6.92 Å². The summed E-state index contributed by atoms with van der Waals surface area (Å²) in [5.41, 5.74) is 1.25. The smallest absolute Gasteiger partial charge is 0.126 e. The van der Waals surface area contributed by atoms with Gasteiger partial charge in [-0.25, -0.2) is 0 Å². The molecule has 0 unspecified atom stereocenters. The number of hydrogen-bond acceptors (Lipinski definition) is 1. The number of rotatable bonds is 4. The van der Waals surface area contributed by atoms with Crippen molar-refractivity contribution in [3.8, 4) is 0 Å². The van der Waals surface area contributed by atoms with Gasteiger partial charge in [0.25, 0.3) is 0 Å². The van der Waals surface area contributed by atoms with E-state index in [4.69, 9.17) is 0 Å². The fraction of sp³-hybridized carbons (Fsp3) is 0.700. The molecule has 0 aliphatic heterocycles. The summed E-state index contributed by atoms with van der Waals surface area (Å²) in [6.07, 6.45) is 6.62. The third kappa shape index (κ3) is 1.92. The number of carbonyl (C=O) groups excluding carboxylic acids is 1. The lowest BCUT2D eigenvalue weighted by atomic mass is 9.67. The van der Waals surface area contributed by atoms with Crippen LogP contribution in [-0.4, -0.2) is 6.29 Å². The van der Waals surface area contributed by atoms with Crippen LogP contribution in [0, 0.1) is 5.41 Å². The lowest BCUT2D eigenvalue weighted by molar-refractivity contribution is -0.120. The highest BCUT2D eigenvalue weighted by atomic mass is 16.1. The van der Waals surface area contributed by atoms with E-state index < -0.39 is 0 Å². The van der Waals surface area contributed by atoms with Crippen LogP contribution in [0.4, 0.5) is 0 Å². The molecule has 1 aliphatic carbocycles. The quantitative estimate of drug-likeness (QED) is 0.447. The van der Waals surface area contributed by atoms with Gasteiger partial charge in [-0.3, -0.25) is 0 Å². The Hall–Kier alpha value is -0.590. The van der Waals surface area contributed by atoms with Gasteiger partial charge in [-0.15, -0.1) is 6.58 Å². The van der Waals surface area contributed by atoms with Gasteiger partial charge in [0.1, 0.15) is 6.29 Å². The largest absolute Gasteiger partial charge is 0.303 e. The first-order valence-corrected chi connectivity index (χ1v) is 4.29. The van der Waals surface area contributed by atoms with Crippen LogP contribution in [0.5, 0.6) is 0 Å². The van der Waals surface area contributed by atoms with Gasteiger partial charge < -0.3 is 4.79 Å². The van der Waals surface area contributed by atoms with E-state index in [-0.39, 0.29) is 5.41 Å². The van der Waals surface area contributed by atoms with Crippen molar-refractivity contribution in [2.24, 2.45) is 5.41 Å². The third-order valence-corrected chi connectivity index (χ3v) is 2.65. The summed E-state index contributed by atoms with van der Waals surface area (Å²) in [5.74, 6) is 0. The summed E-state index contributed by atoms with van der Waals surface area (Å²) in [6.45, 7) is 5.86. The predicted octanol–water partition coefficient (Wildman–Crippen LogP) is 2.71. The Labute approximate surface area is 68.5 Å². The van der Waals surface area contributed by atoms with Gasteiger partial charge in [-0.05, 0) is 32.6 Å². The van der Waals surface area contributed by atoms with Crippen molar-refractivity contribution < 1.29 is 4.79 Å². The monoisotopic (exact) mass is 152 g/mol. The van der Waals surface area contributed by atoms with Crippen molar-refractivity contribution in [1.82, 2.24) is 0 Å². The zero-order chi connectivity index (χ0) is 8.32. The molecule has 0 N–H and O–H groups in total. The normalized spacial score (nSPS) is 20.5. The van der Waals surface area contributed by atoms with E-state index in [0.717, 1.165) is 32.0 Å². The molecular weight excluding hydrogens is 136 g/mol. The van der Waals surface area contributed by atoms with Crippen LogP contribution < -0.4 is 0 Å². The average molecular weight is 152 g/mol. The number of allylic oxidation sites excluding steroid dienone is 1. The van der Waals surface area contributed by atoms with Crippen LogP contribution in [0.3, 0.4) is 0 Å². The zero-order valence-corrected chi connectivity index (χ0v) is 7.23. The minimum Gasteiger partial charge on any atom is -0.303 e. The molecule has 0 spiro atoms. The van der Waals surface area contributed by atoms with Crippen LogP contribution in [0.15, 0.2) is 12.2 Å². The van der Waals surface area contributed by atoms with Gasteiger partial charge in [0.2, 0.25) is 0 Å². The highest BCUT2D eigenvalue weighted by molar-refractivity contribution is 5.60. The summed E-state index contributed by atoms with van der Waals surface area (Å²) in [7, 11) is 0. The number of hydrogen-bond donors (Lipinski definition) is 0. The van der Waals surface area contributed by atoms with E-state index in [0.29, 0.717) is 0 Å². The first-order valence-electron chi connectivity index (χ1n) is 4.29. The minimum atomic E-state index is 0.0545. The van der Waals surface area contributed by atoms with Crippen LogP contribution in [0.25, 0.3) is 0 Å². The molecule has 62 valence electrons. The van der Waals surface area contributed by atoms with Crippen LogP contribution in [-0.2, 0) is 4.79 Å². The molecule has 0 aromatic carbocycles. The highest BCUT2D eigenvalue weighted by Gasteiger charge is 2.35. The van der Waals surface area contributed by atoms with Crippen molar-refractivity contribution in [2.75, 3.05) is 0 Å². The summed E-state index contributed by atoms with van der Waals surface area (Å²) in [4.78, 5) is 10.7. The molecule has 0 saturated heterocycles. The Kier molecular flexibility index (Phi) is 2.48. The molecule has 1 saturated carbocycles. The van der Waals surface area contributed by atoms with Gasteiger partial charge in [-0.1, -0.05) is 12.0 Å². The highest BCUT2D eigenvalue weighted by Crippen LogP contribution is 2.43. The Bertz CT molecular complexity index is 166. The van der Waals surface area contributed by atoms with Gasteiger partial charge in [0.05, 0.1) is 0 Å². The summed E-state index contributed by atoms with van der Waals surface area (Å²) >= 11 is 0. The van der Waals surface area contributed by atoms with Crippen LogP contribution >= 0.6 is 0 Å². The molecule has 0 amide bonds. The van der Waals surface area contributed by atoms with Crippen molar-refractivity contribution >= 4 is 6.29 Å². The van der Waals surface area contributed by atoms with Gasteiger partial charge in [0, 0.05) is 5.41 Å². The van der Waals surface area contributed by atoms with Gasteiger partial charge in [-0.2, -0.15) is 0 Å². The van der Waals surface area contributed by atoms with Crippen molar-refractivity contribution in [3.05, 3.63) is 12.2 Å². The Morgan fingerprint density at radius 3 is 2.55 bits per heavy atom. The maximum absolute atomic E-state index is 10.7. The van der Waals surface area contributed by atoms with E-state index >= 15 is 0 Å². The molecule has 1 rings (SSSR count).